The lowest BCUT2D eigenvalue weighted by molar-refractivity contribution is -0.274. The number of thiazole rings is 1. The Hall–Kier alpha value is -3.40. The van der Waals surface area contributed by atoms with Crippen molar-refractivity contribution in [3.63, 3.8) is 0 Å². The number of fused-ring (bicyclic) bond motifs is 1. The van der Waals surface area contributed by atoms with E-state index in [1.807, 2.05) is 0 Å². The van der Waals surface area contributed by atoms with Crippen molar-refractivity contribution in [3.8, 4) is 17.0 Å². The molecule has 0 saturated carbocycles. The number of para-hydroxylation sites is 1. The Balaban J connectivity index is 1.74. The highest BCUT2D eigenvalue weighted by molar-refractivity contribution is 7.12. The Kier molecular flexibility index (Phi) is 4.97. The van der Waals surface area contributed by atoms with Crippen molar-refractivity contribution >= 4 is 28.8 Å². The number of nitrogens with one attached hydrogen (secondary N) is 1. The van der Waals surface area contributed by atoms with Gasteiger partial charge < -0.3 is 15.2 Å². The summed E-state index contributed by atoms with van der Waals surface area (Å²) in [6.07, 6.45) is -4.84. The highest BCUT2D eigenvalue weighted by Crippen LogP contribution is 2.43. The van der Waals surface area contributed by atoms with Gasteiger partial charge in [0, 0.05) is 16.5 Å². The zero-order valence-electron chi connectivity index (χ0n) is 16.3. The molecule has 2 aromatic carbocycles. The first-order valence-corrected chi connectivity index (χ1v) is 9.98. The first-order chi connectivity index (χ1) is 14.5. The zero-order valence-corrected chi connectivity index (χ0v) is 17.1. The molecule has 0 atom stereocenters. The Labute approximate surface area is 179 Å². The van der Waals surface area contributed by atoms with Gasteiger partial charge in [0.1, 0.15) is 0 Å². The molecule has 0 amide bonds. The van der Waals surface area contributed by atoms with Crippen LogP contribution in [-0.2, 0) is 5.54 Å². The summed E-state index contributed by atoms with van der Waals surface area (Å²) < 4.78 is 42.8. The number of anilines is 1. The van der Waals surface area contributed by atoms with Crippen LogP contribution < -0.4 is 10.1 Å². The molecule has 3 aromatic rings. The van der Waals surface area contributed by atoms with Gasteiger partial charge in [-0.1, -0.05) is 30.3 Å². The van der Waals surface area contributed by atoms with E-state index in [0.717, 1.165) is 0 Å². The Morgan fingerprint density at radius 2 is 1.90 bits per heavy atom. The summed E-state index contributed by atoms with van der Waals surface area (Å²) in [5, 5.41) is 14.4. The Morgan fingerprint density at radius 3 is 2.61 bits per heavy atom. The molecular weight excluding hydrogens is 431 g/mol. The van der Waals surface area contributed by atoms with Crippen LogP contribution in [0.25, 0.3) is 11.3 Å². The molecule has 10 heteroatoms. The van der Waals surface area contributed by atoms with E-state index < -0.39 is 17.9 Å². The molecule has 0 bridgehead atoms. The van der Waals surface area contributed by atoms with E-state index in [0.29, 0.717) is 21.8 Å². The van der Waals surface area contributed by atoms with Crippen LogP contribution in [0.2, 0.25) is 0 Å². The molecule has 0 saturated heterocycles. The molecular formula is C21H16F3N3O3S. The third kappa shape index (κ3) is 4.11. The number of nitrogens with zero attached hydrogens (tertiary/aromatic N) is 2. The standard InChI is InChI=1S/C21H16F3N3O3S/c1-20(2)13-8-5-9-15(30-21(22,23)24)16(13)26-17(27-20)18-25-14(10-31-18)11-6-3-4-7-12(11)19(28)29/h3-10H,1-2H3,(H,26,27)(H,28,29). The summed E-state index contributed by atoms with van der Waals surface area (Å²) in [6, 6.07) is 10.8. The van der Waals surface area contributed by atoms with Gasteiger partial charge in [-0.15, -0.1) is 24.5 Å². The molecule has 1 aliphatic heterocycles. The molecule has 1 aliphatic rings. The number of amidine groups is 1. The molecule has 0 unspecified atom stereocenters. The summed E-state index contributed by atoms with van der Waals surface area (Å²) in [6.45, 7) is 3.55. The second-order valence-electron chi connectivity index (χ2n) is 7.26. The summed E-state index contributed by atoms with van der Waals surface area (Å²) in [7, 11) is 0. The number of hydrogen-bond acceptors (Lipinski definition) is 6. The number of benzene rings is 2. The number of alkyl halides is 3. The van der Waals surface area contributed by atoms with Gasteiger partial charge in [0.25, 0.3) is 0 Å². The largest absolute Gasteiger partial charge is 0.573 e. The highest BCUT2D eigenvalue weighted by atomic mass is 32.1. The Bertz CT molecular complexity index is 1200. The number of aliphatic imine (C=N–C) groups is 1. The summed E-state index contributed by atoms with van der Waals surface area (Å²) >= 11 is 1.21. The minimum absolute atomic E-state index is 0.101. The second-order valence-corrected chi connectivity index (χ2v) is 8.12. The molecule has 2 heterocycles. The molecule has 0 fully saturated rings. The van der Waals surface area contributed by atoms with E-state index in [9.17, 15) is 23.1 Å². The van der Waals surface area contributed by atoms with Crippen LogP contribution in [0.15, 0.2) is 52.8 Å². The van der Waals surface area contributed by atoms with Crippen LogP contribution in [-0.4, -0.2) is 28.3 Å². The van der Waals surface area contributed by atoms with Gasteiger partial charge in [-0.2, -0.15) is 0 Å². The third-order valence-corrected chi connectivity index (χ3v) is 5.53. The van der Waals surface area contributed by atoms with E-state index in [4.69, 9.17) is 0 Å². The Morgan fingerprint density at radius 1 is 1.16 bits per heavy atom. The summed E-state index contributed by atoms with van der Waals surface area (Å²) in [5.74, 6) is -1.17. The number of carboxylic acids is 1. The average Bonchev–Trinajstić information content (AvgIpc) is 3.17. The molecule has 0 radical (unpaired) electrons. The fourth-order valence-corrected chi connectivity index (χ4v) is 4.13. The summed E-state index contributed by atoms with van der Waals surface area (Å²) in [5.41, 5.74) is 0.847. The maximum Gasteiger partial charge on any atom is 0.573 e. The first-order valence-electron chi connectivity index (χ1n) is 9.10. The average molecular weight is 447 g/mol. The predicted octanol–water partition coefficient (Wildman–Crippen LogP) is 5.51. The van der Waals surface area contributed by atoms with Crippen molar-refractivity contribution < 1.29 is 27.8 Å². The van der Waals surface area contributed by atoms with Crippen LogP contribution in [0.4, 0.5) is 18.9 Å². The van der Waals surface area contributed by atoms with E-state index >= 15 is 0 Å². The van der Waals surface area contributed by atoms with Gasteiger partial charge in [0.15, 0.2) is 16.6 Å². The van der Waals surface area contributed by atoms with E-state index in [1.165, 1.54) is 29.5 Å². The van der Waals surface area contributed by atoms with Gasteiger partial charge in [-0.25, -0.2) is 9.78 Å². The number of ether oxygens (including phenoxy) is 1. The van der Waals surface area contributed by atoms with Crippen LogP contribution in [0.3, 0.4) is 0 Å². The SMILES string of the molecule is CC1(C)N=C(c2nc(-c3ccccc3C(=O)O)cs2)Nc2c(OC(F)(F)F)cccc21. The number of rotatable bonds is 4. The normalized spacial score (nSPS) is 14.9. The van der Waals surface area contributed by atoms with Gasteiger partial charge in [-0.05, 0) is 26.0 Å². The molecule has 0 aliphatic carbocycles. The molecule has 2 N–H and O–H groups in total. The maximum atomic E-state index is 12.9. The quantitative estimate of drug-likeness (QED) is 0.551. The van der Waals surface area contributed by atoms with Gasteiger partial charge >= 0.3 is 12.3 Å². The highest BCUT2D eigenvalue weighted by Gasteiger charge is 2.36. The smallest absolute Gasteiger partial charge is 0.478 e. The molecule has 1 aromatic heterocycles. The fourth-order valence-electron chi connectivity index (χ4n) is 3.37. The lowest BCUT2D eigenvalue weighted by atomic mass is 9.91. The van der Waals surface area contributed by atoms with E-state index in [1.54, 1.807) is 43.5 Å². The van der Waals surface area contributed by atoms with Crippen LogP contribution in [0.1, 0.15) is 34.8 Å². The number of carboxylic acid groups (broad SMARTS) is 1. The maximum absolute atomic E-state index is 12.9. The fraction of sp³-hybridized carbons (Fsp3) is 0.190. The predicted molar refractivity (Wildman–Crippen MR) is 111 cm³/mol. The first kappa shape index (κ1) is 20.9. The number of hydrogen-bond donors (Lipinski definition) is 2. The molecule has 0 spiro atoms. The van der Waals surface area contributed by atoms with Crippen LogP contribution in [0.5, 0.6) is 5.75 Å². The van der Waals surface area contributed by atoms with Crippen LogP contribution >= 0.6 is 11.3 Å². The molecule has 4 rings (SSSR count). The molecule has 160 valence electrons. The molecule has 31 heavy (non-hydrogen) atoms. The number of aromatic nitrogens is 1. The van der Waals surface area contributed by atoms with Gasteiger partial charge in [-0.3, -0.25) is 4.99 Å². The van der Waals surface area contributed by atoms with Crippen molar-refractivity contribution in [2.45, 2.75) is 25.7 Å². The van der Waals surface area contributed by atoms with Crippen molar-refractivity contribution in [3.05, 3.63) is 64.0 Å². The zero-order chi connectivity index (χ0) is 22.4. The topological polar surface area (TPSA) is 83.8 Å². The van der Waals surface area contributed by atoms with Crippen molar-refractivity contribution in [2.75, 3.05) is 5.32 Å². The molecule has 6 nitrogen and oxygen atoms in total. The van der Waals surface area contributed by atoms with Crippen molar-refractivity contribution in [1.82, 2.24) is 4.98 Å². The van der Waals surface area contributed by atoms with Crippen molar-refractivity contribution in [1.29, 1.82) is 0 Å². The van der Waals surface area contributed by atoms with Gasteiger partial charge in [0.2, 0.25) is 0 Å². The summed E-state index contributed by atoms with van der Waals surface area (Å²) in [4.78, 5) is 20.6. The van der Waals surface area contributed by atoms with E-state index in [-0.39, 0.29) is 22.8 Å². The van der Waals surface area contributed by atoms with E-state index in [2.05, 4.69) is 20.0 Å². The number of carbonyl (C=O) groups is 1. The lowest BCUT2D eigenvalue weighted by Crippen LogP contribution is -2.30. The van der Waals surface area contributed by atoms with Crippen molar-refractivity contribution in [2.24, 2.45) is 4.99 Å². The monoisotopic (exact) mass is 447 g/mol. The number of halogens is 3. The third-order valence-electron chi connectivity index (χ3n) is 4.69. The van der Waals surface area contributed by atoms with Crippen LogP contribution in [0, 0.1) is 0 Å². The second kappa shape index (κ2) is 7.38. The minimum atomic E-state index is -4.84. The minimum Gasteiger partial charge on any atom is -0.478 e. The number of aromatic carboxylic acids is 1. The lowest BCUT2D eigenvalue weighted by Gasteiger charge is -2.31. The van der Waals surface area contributed by atoms with Gasteiger partial charge in [0.05, 0.1) is 22.5 Å².